The number of esters is 1. The van der Waals surface area contributed by atoms with E-state index in [1.165, 1.54) is 0 Å². The van der Waals surface area contributed by atoms with Crippen LogP contribution >= 0.6 is 0 Å². The summed E-state index contributed by atoms with van der Waals surface area (Å²) in [6.07, 6.45) is 0.0806. The molecule has 2 aliphatic rings. The zero-order chi connectivity index (χ0) is 24.3. The van der Waals surface area contributed by atoms with Gasteiger partial charge in [-0.1, -0.05) is 60.6 Å². The minimum atomic E-state index is -1.88. The first-order valence-electron chi connectivity index (χ1n) is 11.3. The number of carbonyl (C=O) groups excluding carboxylic acids is 1. The van der Waals surface area contributed by atoms with Crippen LogP contribution in [0, 0.1) is 0 Å². The average Bonchev–Trinajstić information content (AvgIpc) is 3.24. The molecule has 0 spiro atoms. The number of aliphatic hydroxyl groups is 1. The third kappa shape index (κ3) is 2.96. The summed E-state index contributed by atoms with van der Waals surface area (Å²) in [6.45, 7) is 1.83. The Balaban J connectivity index is 1.59. The van der Waals surface area contributed by atoms with Crippen LogP contribution in [-0.4, -0.2) is 31.5 Å². The van der Waals surface area contributed by atoms with Crippen molar-refractivity contribution in [2.45, 2.75) is 32.1 Å². The molecule has 0 fully saturated rings. The van der Waals surface area contributed by atoms with Gasteiger partial charge in [-0.25, -0.2) is 9.78 Å². The van der Waals surface area contributed by atoms with Gasteiger partial charge in [-0.15, -0.1) is 0 Å². The van der Waals surface area contributed by atoms with E-state index in [9.17, 15) is 19.9 Å². The number of nitrogens with zero attached hydrogens (tertiary/aromatic N) is 3. The van der Waals surface area contributed by atoms with E-state index in [0.717, 1.165) is 16.5 Å². The molecule has 8 nitrogen and oxygen atoms in total. The Hall–Kier alpha value is -4.30. The summed E-state index contributed by atoms with van der Waals surface area (Å²) in [5.41, 5.74) is 2.73. The summed E-state index contributed by atoms with van der Waals surface area (Å²) < 4.78 is 6.73. The van der Waals surface area contributed by atoms with E-state index in [-0.39, 0.29) is 29.7 Å². The molecule has 0 unspecified atom stereocenters. The number of benzene rings is 2. The van der Waals surface area contributed by atoms with Gasteiger partial charge in [0.2, 0.25) is 0 Å². The molecule has 4 aromatic rings. The third-order valence-electron chi connectivity index (χ3n) is 6.94. The van der Waals surface area contributed by atoms with Crippen LogP contribution in [0.15, 0.2) is 70.6 Å². The van der Waals surface area contributed by atoms with Crippen LogP contribution in [0.1, 0.15) is 41.2 Å². The molecule has 0 aliphatic carbocycles. The van der Waals surface area contributed by atoms with E-state index >= 15 is 0 Å². The number of para-hydroxylation sites is 1. The van der Waals surface area contributed by atoms with Crippen molar-refractivity contribution in [3.8, 4) is 11.4 Å². The highest BCUT2D eigenvalue weighted by Gasteiger charge is 2.45. The topological polar surface area (TPSA) is 114 Å². The predicted octanol–water partition coefficient (Wildman–Crippen LogP) is 3.31. The average molecular weight is 467 g/mol. The van der Waals surface area contributed by atoms with Crippen LogP contribution in [0.25, 0.3) is 22.3 Å². The lowest BCUT2D eigenvalue weighted by atomic mass is 9.86. The van der Waals surface area contributed by atoms with Crippen LogP contribution < -0.4 is 5.56 Å². The van der Waals surface area contributed by atoms with Gasteiger partial charge in [0.15, 0.2) is 5.60 Å². The number of aromatic nitrogens is 2. The lowest BCUT2D eigenvalue weighted by Crippen LogP contribution is -2.44. The molecule has 2 aliphatic heterocycles. The van der Waals surface area contributed by atoms with Gasteiger partial charge >= 0.3 is 5.97 Å². The van der Waals surface area contributed by atoms with Crippen molar-refractivity contribution in [2.24, 2.45) is 5.16 Å². The summed E-state index contributed by atoms with van der Waals surface area (Å²) in [7, 11) is 0. The second-order valence-electron chi connectivity index (χ2n) is 8.79. The highest BCUT2D eigenvalue weighted by atomic mass is 16.6. The fraction of sp³-hybridized carbons (Fsp3) is 0.185. The SMILES string of the molecule is CC[C@@]1(O)C(=O)OCc2c1cc1n(c2=O)Cc2cc3cccc(/C(=N/O)c4ccccc4)c3nc2-1. The van der Waals surface area contributed by atoms with Crippen molar-refractivity contribution >= 4 is 22.6 Å². The molecule has 0 radical (unpaired) electrons. The number of rotatable bonds is 3. The maximum absolute atomic E-state index is 13.4. The van der Waals surface area contributed by atoms with Gasteiger partial charge in [0.1, 0.15) is 12.3 Å². The molecule has 0 amide bonds. The van der Waals surface area contributed by atoms with Crippen LogP contribution in [0.2, 0.25) is 0 Å². The van der Waals surface area contributed by atoms with Crippen LogP contribution in [0.5, 0.6) is 0 Å². The van der Waals surface area contributed by atoms with E-state index in [1.54, 1.807) is 17.6 Å². The zero-order valence-corrected chi connectivity index (χ0v) is 18.9. The first-order valence-corrected chi connectivity index (χ1v) is 11.3. The number of carbonyl (C=O) groups is 1. The molecule has 0 saturated heterocycles. The fourth-order valence-corrected chi connectivity index (χ4v) is 5.06. The number of hydrogen-bond donors (Lipinski definition) is 2. The number of oxime groups is 1. The molecule has 8 heteroatoms. The number of ether oxygens (including phenoxy) is 1. The Morgan fingerprint density at radius 2 is 1.94 bits per heavy atom. The molecule has 2 aromatic carbocycles. The van der Waals surface area contributed by atoms with E-state index in [1.807, 2.05) is 54.6 Å². The normalized spacial score (nSPS) is 18.7. The molecular weight excluding hydrogens is 446 g/mol. The molecule has 0 saturated carbocycles. The summed E-state index contributed by atoms with van der Waals surface area (Å²) in [5.74, 6) is -0.754. The number of cyclic esters (lactones) is 1. The fourth-order valence-electron chi connectivity index (χ4n) is 5.06. The lowest BCUT2D eigenvalue weighted by Gasteiger charge is -2.31. The monoisotopic (exact) mass is 467 g/mol. The second-order valence-corrected chi connectivity index (χ2v) is 8.79. The Morgan fingerprint density at radius 3 is 2.69 bits per heavy atom. The van der Waals surface area contributed by atoms with Gasteiger partial charge in [0.25, 0.3) is 5.56 Å². The molecular formula is C27H21N3O5. The van der Waals surface area contributed by atoms with Crippen molar-refractivity contribution in [2.75, 3.05) is 0 Å². The number of fused-ring (bicyclic) bond motifs is 5. The van der Waals surface area contributed by atoms with Gasteiger partial charge in [0, 0.05) is 27.6 Å². The van der Waals surface area contributed by atoms with Crippen molar-refractivity contribution in [1.29, 1.82) is 0 Å². The summed E-state index contributed by atoms with van der Waals surface area (Å²) in [6, 6.07) is 18.6. The molecule has 35 heavy (non-hydrogen) atoms. The maximum atomic E-state index is 13.4. The Labute approximate surface area is 199 Å². The van der Waals surface area contributed by atoms with Gasteiger partial charge < -0.3 is 19.6 Å². The number of hydrogen-bond acceptors (Lipinski definition) is 7. The standard InChI is InChI=1S/C27H21N3O5/c1-2-27(33)20-12-21-24-17(13-30(21)25(31)19(20)14-35-26(27)32)11-16-9-6-10-18(22(16)28-24)23(29-34)15-7-4-3-5-8-15/h3-12,33-34H,2,13-14H2,1H3/b29-23+/t27-/m0/s1. The van der Waals surface area contributed by atoms with E-state index in [2.05, 4.69) is 5.16 Å². The molecule has 0 bridgehead atoms. The van der Waals surface area contributed by atoms with Crippen LogP contribution in [0.4, 0.5) is 0 Å². The summed E-state index contributed by atoms with van der Waals surface area (Å²) in [5, 5.41) is 25.3. The zero-order valence-electron chi connectivity index (χ0n) is 18.9. The van der Waals surface area contributed by atoms with Crippen molar-refractivity contribution in [3.05, 3.63) is 98.8 Å². The van der Waals surface area contributed by atoms with Crippen molar-refractivity contribution in [1.82, 2.24) is 9.55 Å². The minimum Gasteiger partial charge on any atom is -0.458 e. The molecule has 2 N–H and O–H groups in total. The van der Waals surface area contributed by atoms with Crippen molar-refractivity contribution < 1.29 is 19.8 Å². The molecule has 2 aromatic heterocycles. The number of pyridine rings is 2. The summed E-state index contributed by atoms with van der Waals surface area (Å²) >= 11 is 0. The van der Waals surface area contributed by atoms with Gasteiger partial charge in [-0.3, -0.25) is 4.79 Å². The molecule has 1 atom stereocenters. The lowest BCUT2D eigenvalue weighted by molar-refractivity contribution is -0.172. The third-order valence-corrected chi connectivity index (χ3v) is 6.94. The van der Waals surface area contributed by atoms with Gasteiger partial charge in [-0.05, 0) is 18.6 Å². The molecule has 4 heterocycles. The van der Waals surface area contributed by atoms with Gasteiger partial charge in [-0.2, -0.15) is 0 Å². The highest BCUT2D eigenvalue weighted by molar-refractivity contribution is 6.18. The van der Waals surface area contributed by atoms with Gasteiger partial charge in [0.05, 0.1) is 29.0 Å². The maximum Gasteiger partial charge on any atom is 0.343 e. The smallest absolute Gasteiger partial charge is 0.343 e. The first kappa shape index (κ1) is 21.2. The predicted molar refractivity (Wildman–Crippen MR) is 128 cm³/mol. The molecule has 6 rings (SSSR count). The van der Waals surface area contributed by atoms with E-state index < -0.39 is 11.6 Å². The Bertz CT molecular complexity index is 1620. The minimum absolute atomic E-state index is 0.0806. The molecule has 174 valence electrons. The van der Waals surface area contributed by atoms with Crippen LogP contribution in [0.3, 0.4) is 0 Å². The highest BCUT2D eigenvalue weighted by Crippen LogP contribution is 2.39. The van der Waals surface area contributed by atoms with E-state index in [4.69, 9.17) is 9.72 Å². The summed E-state index contributed by atoms with van der Waals surface area (Å²) in [4.78, 5) is 30.7. The second kappa shape index (κ2) is 7.61. The largest absolute Gasteiger partial charge is 0.458 e. The quantitative estimate of drug-likeness (QED) is 0.182. The first-order chi connectivity index (χ1) is 17.0. The van der Waals surface area contributed by atoms with Crippen molar-refractivity contribution in [3.63, 3.8) is 0 Å². The Kier molecular flexibility index (Phi) is 4.62. The van der Waals surface area contributed by atoms with Crippen LogP contribution in [-0.2, 0) is 28.3 Å². The Morgan fingerprint density at radius 1 is 1.14 bits per heavy atom. The van der Waals surface area contributed by atoms with E-state index in [0.29, 0.717) is 34.7 Å².